The summed E-state index contributed by atoms with van der Waals surface area (Å²) in [4.78, 5) is 17.7. The van der Waals surface area contributed by atoms with Crippen molar-refractivity contribution in [3.8, 4) is 11.1 Å². The lowest BCUT2D eigenvalue weighted by Gasteiger charge is -2.33. The molecule has 4 rings (SSSR count). The molecule has 0 unspecified atom stereocenters. The average molecular weight is 475 g/mol. The van der Waals surface area contributed by atoms with E-state index < -0.39 is 0 Å². The van der Waals surface area contributed by atoms with E-state index in [1.807, 2.05) is 13.0 Å². The zero-order valence-corrected chi connectivity index (χ0v) is 22.0. The Morgan fingerprint density at radius 1 is 0.943 bits per heavy atom. The van der Waals surface area contributed by atoms with Crippen LogP contribution in [0.5, 0.6) is 0 Å². The van der Waals surface area contributed by atoms with Crippen molar-refractivity contribution in [2.75, 3.05) is 5.73 Å². The van der Waals surface area contributed by atoms with Gasteiger partial charge in [-0.25, -0.2) is 4.79 Å². The summed E-state index contributed by atoms with van der Waals surface area (Å²) in [6, 6.07) is 13.2. The van der Waals surface area contributed by atoms with E-state index in [2.05, 4.69) is 56.3 Å². The lowest BCUT2D eigenvalue weighted by molar-refractivity contribution is -0.143. The van der Waals surface area contributed by atoms with E-state index in [4.69, 9.17) is 10.6 Å². The topological polar surface area (TPSA) is 64.7 Å². The second-order valence-electron chi connectivity index (χ2n) is 10.8. The van der Waals surface area contributed by atoms with Gasteiger partial charge in [0, 0.05) is 23.4 Å². The molecular weight excluding hydrogens is 432 g/mol. The highest BCUT2D eigenvalue weighted by atomic mass is 16.7. The van der Waals surface area contributed by atoms with Crippen molar-refractivity contribution in [1.82, 2.24) is 0 Å². The van der Waals surface area contributed by atoms with Crippen LogP contribution >= 0.6 is 0 Å². The van der Waals surface area contributed by atoms with Gasteiger partial charge < -0.3 is 10.6 Å². The number of hydrogen-bond acceptors (Lipinski definition) is 4. The summed E-state index contributed by atoms with van der Waals surface area (Å²) in [7, 11) is 0. The number of rotatable bonds is 9. The van der Waals surface area contributed by atoms with E-state index in [9.17, 15) is 4.79 Å². The molecule has 0 spiro atoms. The molecule has 0 atom stereocenters. The number of nitrogens with two attached hydrogens (primary N) is 1. The normalized spacial score (nSPS) is 20.9. The summed E-state index contributed by atoms with van der Waals surface area (Å²) in [6.07, 6.45) is 10.1. The van der Waals surface area contributed by atoms with Gasteiger partial charge in [-0.05, 0) is 84.0 Å². The molecule has 0 heterocycles. The molecule has 0 aliphatic heterocycles. The Balaban J connectivity index is 1.82. The molecule has 4 nitrogen and oxygen atoms in total. The first-order chi connectivity index (χ1) is 16.9. The SMILES string of the molecule is CCCC(=O)O/N=C(\c1ccc2c(c1)C(CCC)(CCC)c1cc(N)ccc1-2)C1CCC(C)CC1. The zero-order chi connectivity index (χ0) is 25.0. The Morgan fingerprint density at radius 2 is 1.57 bits per heavy atom. The first-order valence-electron chi connectivity index (χ1n) is 13.8. The van der Waals surface area contributed by atoms with Crippen LogP contribution in [0, 0.1) is 11.8 Å². The van der Waals surface area contributed by atoms with Gasteiger partial charge in [0.25, 0.3) is 0 Å². The van der Waals surface area contributed by atoms with Gasteiger partial charge in [0.1, 0.15) is 0 Å². The summed E-state index contributed by atoms with van der Waals surface area (Å²) in [5.41, 5.74) is 14.5. The molecule has 2 aliphatic carbocycles. The Labute approximate surface area is 211 Å². The number of benzene rings is 2. The highest BCUT2D eigenvalue weighted by Gasteiger charge is 2.42. The number of nitrogens with zero attached hydrogens (tertiary/aromatic N) is 1. The van der Waals surface area contributed by atoms with Crippen LogP contribution in [0.2, 0.25) is 0 Å². The van der Waals surface area contributed by atoms with Crippen LogP contribution in [0.25, 0.3) is 11.1 Å². The van der Waals surface area contributed by atoms with Gasteiger partial charge in [0.2, 0.25) is 0 Å². The molecule has 0 radical (unpaired) electrons. The number of nitrogen functional groups attached to an aromatic ring is 1. The number of fused-ring (bicyclic) bond motifs is 3. The lowest BCUT2D eigenvalue weighted by atomic mass is 9.71. The average Bonchev–Trinajstić information content (AvgIpc) is 3.09. The molecule has 2 aliphatic rings. The summed E-state index contributed by atoms with van der Waals surface area (Å²) in [6.45, 7) is 8.86. The van der Waals surface area contributed by atoms with Crippen LogP contribution in [0.3, 0.4) is 0 Å². The van der Waals surface area contributed by atoms with Crippen LogP contribution in [0.1, 0.15) is 109 Å². The van der Waals surface area contributed by atoms with Crippen LogP contribution in [0.15, 0.2) is 41.6 Å². The Morgan fingerprint density at radius 3 is 2.20 bits per heavy atom. The third-order valence-corrected chi connectivity index (χ3v) is 8.14. The predicted molar refractivity (Wildman–Crippen MR) is 146 cm³/mol. The van der Waals surface area contributed by atoms with E-state index in [-0.39, 0.29) is 11.4 Å². The van der Waals surface area contributed by atoms with Gasteiger partial charge in [-0.3, -0.25) is 0 Å². The summed E-state index contributed by atoms with van der Waals surface area (Å²) < 4.78 is 0. The highest BCUT2D eigenvalue weighted by molar-refractivity contribution is 6.03. The molecule has 0 saturated heterocycles. The van der Waals surface area contributed by atoms with Crippen LogP contribution in [-0.2, 0) is 15.0 Å². The molecule has 4 heteroatoms. The number of carbonyl (C=O) groups is 1. The van der Waals surface area contributed by atoms with Crippen LogP contribution in [0.4, 0.5) is 5.69 Å². The van der Waals surface area contributed by atoms with Gasteiger partial charge in [-0.1, -0.05) is 76.7 Å². The molecule has 2 N–H and O–H groups in total. The van der Waals surface area contributed by atoms with Gasteiger partial charge in [0.05, 0.1) is 5.71 Å². The predicted octanol–water partition coefficient (Wildman–Crippen LogP) is 8.01. The third kappa shape index (κ3) is 5.03. The molecule has 0 aromatic heterocycles. The summed E-state index contributed by atoms with van der Waals surface area (Å²) >= 11 is 0. The van der Waals surface area contributed by atoms with E-state index in [1.165, 1.54) is 35.1 Å². The van der Waals surface area contributed by atoms with Crippen molar-refractivity contribution in [3.05, 3.63) is 53.1 Å². The van der Waals surface area contributed by atoms with Crippen molar-refractivity contribution < 1.29 is 9.63 Å². The van der Waals surface area contributed by atoms with E-state index in [0.717, 1.165) is 67.8 Å². The molecule has 0 bridgehead atoms. The maximum atomic E-state index is 12.2. The minimum atomic E-state index is -0.246. The molecule has 35 heavy (non-hydrogen) atoms. The largest absolute Gasteiger partial charge is 0.399 e. The fourth-order valence-corrected chi connectivity index (χ4v) is 6.44. The molecule has 188 valence electrons. The molecule has 2 aromatic carbocycles. The van der Waals surface area contributed by atoms with Crippen molar-refractivity contribution >= 4 is 17.4 Å². The highest BCUT2D eigenvalue weighted by Crippen LogP contribution is 2.54. The monoisotopic (exact) mass is 474 g/mol. The van der Waals surface area contributed by atoms with E-state index in [1.54, 1.807) is 0 Å². The second-order valence-corrected chi connectivity index (χ2v) is 10.8. The summed E-state index contributed by atoms with van der Waals surface area (Å²) in [5.74, 6) is 0.825. The van der Waals surface area contributed by atoms with Gasteiger partial charge in [-0.15, -0.1) is 0 Å². The van der Waals surface area contributed by atoms with E-state index in [0.29, 0.717) is 12.3 Å². The van der Waals surface area contributed by atoms with Crippen molar-refractivity contribution in [2.24, 2.45) is 17.0 Å². The maximum Gasteiger partial charge on any atom is 0.335 e. The second kappa shape index (κ2) is 11.0. The number of oxime groups is 1. The van der Waals surface area contributed by atoms with Gasteiger partial charge >= 0.3 is 5.97 Å². The Hall–Kier alpha value is -2.62. The van der Waals surface area contributed by atoms with Crippen LogP contribution in [-0.4, -0.2) is 11.7 Å². The molecule has 1 saturated carbocycles. The number of carbonyl (C=O) groups excluding carboxylic acids is 1. The molecule has 0 amide bonds. The minimum absolute atomic E-state index is 0.0371. The first kappa shape index (κ1) is 25.5. The van der Waals surface area contributed by atoms with Crippen molar-refractivity contribution in [3.63, 3.8) is 0 Å². The molecular formula is C31H42N2O2. The number of anilines is 1. The first-order valence-corrected chi connectivity index (χ1v) is 13.8. The molecule has 1 fully saturated rings. The summed E-state index contributed by atoms with van der Waals surface area (Å²) in [5, 5.41) is 4.54. The molecule has 2 aromatic rings. The minimum Gasteiger partial charge on any atom is -0.399 e. The zero-order valence-electron chi connectivity index (χ0n) is 22.0. The fourth-order valence-electron chi connectivity index (χ4n) is 6.44. The Bertz CT molecular complexity index is 1070. The quantitative estimate of drug-likeness (QED) is 0.173. The third-order valence-electron chi connectivity index (χ3n) is 8.14. The fraction of sp³-hybridized carbons (Fsp3) is 0.548. The van der Waals surface area contributed by atoms with Gasteiger partial charge in [0.15, 0.2) is 0 Å². The number of hydrogen-bond donors (Lipinski definition) is 1. The van der Waals surface area contributed by atoms with Crippen LogP contribution < -0.4 is 5.73 Å². The smallest absolute Gasteiger partial charge is 0.335 e. The standard InChI is InChI=1S/C31H42N2O2/c1-5-8-29(34)35-33-30(22-11-9-21(4)10-12-22)23-13-15-25-26-16-14-24(32)20-28(26)31(17-6-2,18-7-3)27(25)19-23/h13-16,19-22H,5-12,17-18,32H2,1-4H3/b33-30-. The Kier molecular flexibility index (Phi) is 7.98. The van der Waals surface area contributed by atoms with Gasteiger partial charge in [-0.2, -0.15) is 0 Å². The van der Waals surface area contributed by atoms with E-state index >= 15 is 0 Å². The maximum absolute atomic E-state index is 12.2. The van der Waals surface area contributed by atoms with Crippen molar-refractivity contribution in [2.45, 2.75) is 97.3 Å². The van der Waals surface area contributed by atoms with Crippen molar-refractivity contribution in [1.29, 1.82) is 0 Å². The lowest BCUT2D eigenvalue weighted by Crippen LogP contribution is -2.26.